The van der Waals surface area contributed by atoms with E-state index < -0.39 is 0 Å². The summed E-state index contributed by atoms with van der Waals surface area (Å²) in [5.74, 6) is 0. The van der Waals surface area contributed by atoms with Crippen LogP contribution in [0.3, 0.4) is 0 Å². The van der Waals surface area contributed by atoms with E-state index in [-0.39, 0.29) is 0 Å². The van der Waals surface area contributed by atoms with Crippen LogP contribution in [-0.4, -0.2) is 0 Å². The standard InChI is InChI=1S/C32H18/c1-5-19-13-20-6-2-10-24-16-27(15-23(9-1)29(19)30(20)24)28-17-25-11-3-7-21-14-22-8-4-12-26(18-28)32(22)31(21)25/h1-18H. The molecule has 4 aliphatic carbocycles. The Hall–Kier alpha value is -4.16. The Labute approximate surface area is 184 Å². The molecule has 0 spiro atoms. The van der Waals surface area contributed by atoms with Crippen molar-refractivity contribution in [3.63, 3.8) is 0 Å². The maximum Gasteiger partial charge on any atom is -0.00264 e. The first-order valence-corrected chi connectivity index (χ1v) is 11.2. The molecule has 0 heteroatoms. The molecule has 0 aliphatic heterocycles. The molecule has 4 aromatic carbocycles. The van der Waals surface area contributed by atoms with E-state index in [9.17, 15) is 0 Å². The molecule has 8 rings (SSSR count). The molecule has 0 unspecified atom stereocenters. The van der Waals surface area contributed by atoms with Gasteiger partial charge in [0.1, 0.15) is 0 Å². The third kappa shape index (κ3) is 2.07. The summed E-state index contributed by atoms with van der Waals surface area (Å²) in [6.07, 6.45) is 0. The van der Waals surface area contributed by atoms with E-state index in [1.807, 2.05) is 0 Å². The topological polar surface area (TPSA) is 0 Å². The lowest BCUT2D eigenvalue weighted by Gasteiger charge is -2.00. The van der Waals surface area contributed by atoms with E-state index in [0.29, 0.717) is 0 Å². The van der Waals surface area contributed by atoms with Crippen LogP contribution in [0.1, 0.15) is 0 Å². The summed E-state index contributed by atoms with van der Waals surface area (Å²) in [7, 11) is 0. The highest BCUT2D eigenvalue weighted by Gasteiger charge is 2.10. The van der Waals surface area contributed by atoms with Crippen LogP contribution in [0.4, 0.5) is 0 Å². The van der Waals surface area contributed by atoms with Gasteiger partial charge in [-0.2, -0.15) is 0 Å². The molecule has 146 valence electrons. The van der Waals surface area contributed by atoms with Gasteiger partial charge in [-0.3, -0.25) is 0 Å². The second-order valence-electron chi connectivity index (χ2n) is 9.02. The lowest BCUT2D eigenvalue weighted by atomic mass is 10.0. The predicted octanol–water partition coefficient (Wildman–Crippen LogP) is 8.29. The first-order valence-electron chi connectivity index (χ1n) is 11.2. The van der Waals surface area contributed by atoms with Gasteiger partial charge in [-0.1, -0.05) is 72.8 Å². The molecule has 0 saturated heterocycles. The minimum Gasteiger partial charge on any atom is -0.0610 e. The minimum absolute atomic E-state index is 1.26. The van der Waals surface area contributed by atoms with Crippen molar-refractivity contribution < 1.29 is 0 Å². The zero-order chi connectivity index (χ0) is 20.8. The Morgan fingerprint density at radius 3 is 0.719 bits per heavy atom. The molecule has 0 bridgehead atoms. The maximum absolute atomic E-state index is 2.38. The van der Waals surface area contributed by atoms with E-state index in [1.165, 1.54) is 75.1 Å². The second kappa shape index (κ2) is 5.75. The number of rotatable bonds is 1. The van der Waals surface area contributed by atoms with Gasteiger partial charge < -0.3 is 0 Å². The van der Waals surface area contributed by atoms with Crippen molar-refractivity contribution in [2.75, 3.05) is 0 Å². The van der Waals surface area contributed by atoms with Crippen molar-refractivity contribution in [2.24, 2.45) is 0 Å². The van der Waals surface area contributed by atoms with Crippen LogP contribution in [-0.2, 0) is 0 Å². The van der Waals surface area contributed by atoms with Gasteiger partial charge in [0.2, 0.25) is 0 Å². The van der Waals surface area contributed by atoms with Crippen molar-refractivity contribution in [1.29, 1.82) is 0 Å². The molecule has 32 heavy (non-hydrogen) atoms. The Morgan fingerprint density at radius 1 is 0.250 bits per heavy atom. The maximum atomic E-state index is 2.38. The second-order valence-corrected chi connectivity index (χ2v) is 9.02. The van der Waals surface area contributed by atoms with Gasteiger partial charge in [0, 0.05) is 0 Å². The van der Waals surface area contributed by atoms with E-state index >= 15 is 0 Å². The summed E-state index contributed by atoms with van der Waals surface area (Å²) in [4.78, 5) is 0. The molecule has 4 aliphatic rings. The molecule has 0 heterocycles. The fraction of sp³-hybridized carbons (Fsp3) is 0. The first-order chi connectivity index (χ1) is 15.8. The largest absolute Gasteiger partial charge is 0.0610 e. The van der Waals surface area contributed by atoms with Crippen LogP contribution >= 0.6 is 0 Å². The molecule has 0 amide bonds. The van der Waals surface area contributed by atoms with Crippen LogP contribution < -0.4 is 0 Å². The number of hydrogen-bond donors (Lipinski definition) is 0. The van der Waals surface area contributed by atoms with E-state index in [1.54, 1.807) is 0 Å². The third-order valence-corrected chi connectivity index (χ3v) is 7.22. The quantitative estimate of drug-likeness (QED) is 0.259. The zero-order valence-electron chi connectivity index (χ0n) is 17.4. The van der Waals surface area contributed by atoms with E-state index in [0.717, 1.165) is 0 Å². The molecule has 0 N–H and O–H groups in total. The Kier molecular flexibility index (Phi) is 2.97. The van der Waals surface area contributed by atoms with Crippen LogP contribution in [0.15, 0.2) is 109 Å². The van der Waals surface area contributed by atoms with Crippen molar-refractivity contribution in [3.8, 4) is 11.1 Å². The van der Waals surface area contributed by atoms with Crippen molar-refractivity contribution in [1.82, 2.24) is 0 Å². The predicted molar refractivity (Wildman–Crippen MR) is 135 cm³/mol. The number of benzene rings is 4. The summed E-state index contributed by atoms with van der Waals surface area (Å²) in [6.45, 7) is 0. The molecular weight excluding hydrogens is 384 g/mol. The normalized spacial score (nSPS) is 12.4. The van der Waals surface area contributed by atoms with Crippen molar-refractivity contribution in [2.45, 2.75) is 0 Å². The molecule has 0 atom stereocenters. The fourth-order valence-corrected chi connectivity index (χ4v) is 5.89. The van der Waals surface area contributed by atoms with Gasteiger partial charge in [-0.05, 0) is 111 Å². The Balaban J connectivity index is 1.59. The zero-order valence-corrected chi connectivity index (χ0v) is 17.4. The van der Waals surface area contributed by atoms with Gasteiger partial charge in [0.15, 0.2) is 0 Å². The highest BCUT2D eigenvalue weighted by molar-refractivity contribution is 5.92. The summed E-state index contributed by atoms with van der Waals surface area (Å²) >= 11 is 0. The van der Waals surface area contributed by atoms with Gasteiger partial charge in [-0.25, -0.2) is 0 Å². The highest BCUT2D eigenvalue weighted by atomic mass is 14.1. The minimum atomic E-state index is 1.26. The molecule has 4 aromatic rings. The summed E-state index contributed by atoms with van der Waals surface area (Å²) < 4.78 is 0. The van der Waals surface area contributed by atoms with Gasteiger partial charge in [0.25, 0.3) is 0 Å². The third-order valence-electron chi connectivity index (χ3n) is 7.22. The molecular formula is C32H18. The summed E-state index contributed by atoms with van der Waals surface area (Å²) in [6, 6.07) is 40.8. The van der Waals surface area contributed by atoms with Crippen molar-refractivity contribution in [3.05, 3.63) is 130 Å². The van der Waals surface area contributed by atoms with Crippen LogP contribution in [0, 0.1) is 20.9 Å². The van der Waals surface area contributed by atoms with Crippen molar-refractivity contribution >= 4 is 43.1 Å². The molecule has 0 nitrogen and oxygen atoms in total. The molecule has 0 fully saturated rings. The molecule has 0 aromatic heterocycles. The van der Waals surface area contributed by atoms with Crippen LogP contribution in [0.5, 0.6) is 0 Å². The monoisotopic (exact) mass is 402 g/mol. The fourth-order valence-electron chi connectivity index (χ4n) is 5.89. The summed E-state index contributed by atoms with van der Waals surface area (Å²) in [5, 5.41) is 16.0. The summed E-state index contributed by atoms with van der Waals surface area (Å²) in [5.41, 5.74) is 2.53. The first kappa shape index (κ1) is 16.5. The molecule has 0 radical (unpaired) electrons. The number of hydrogen-bond acceptors (Lipinski definition) is 0. The SMILES string of the molecule is c1cc2cc(-c3cc4cccc5cc6cccc(c3)c6=c45)cc3cccc4cc(c1)c2=c34. The van der Waals surface area contributed by atoms with Gasteiger partial charge in [0.05, 0.1) is 0 Å². The average molecular weight is 402 g/mol. The lowest BCUT2D eigenvalue weighted by molar-refractivity contribution is 1.71. The smallest absolute Gasteiger partial charge is 0.00264 e. The van der Waals surface area contributed by atoms with Crippen LogP contribution in [0.25, 0.3) is 54.2 Å². The van der Waals surface area contributed by atoms with Gasteiger partial charge >= 0.3 is 0 Å². The Morgan fingerprint density at radius 2 is 0.469 bits per heavy atom. The van der Waals surface area contributed by atoms with Gasteiger partial charge in [-0.15, -0.1) is 0 Å². The lowest BCUT2D eigenvalue weighted by Crippen LogP contribution is -1.75. The van der Waals surface area contributed by atoms with E-state index in [4.69, 9.17) is 0 Å². The highest BCUT2D eigenvalue weighted by Crippen LogP contribution is 2.33. The van der Waals surface area contributed by atoms with Crippen LogP contribution in [0.2, 0.25) is 0 Å². The average Bonchev–Trinajstić information content (AvgIpc) is 3.26. The molecule has 0 saturated carbocycles. The van der Waals surface area contributed by atoms with E-state index in [2.05, 4.69) is 109 Å². The Bertz CT molecular complexity index is 1780.